The normalized spacial score (nSPS) is 31.8. The van der Waals surface area contributed by atoms with Gasteiger partial charge < -0.3 is 5.32 Å². The van der Waals surface area contributed by atoms with Crippen molar-refractivity contribution in [3.8, 4) is 0 Å². The summed E-state index contributed by atoms with van der Waals surface area (Å²) in [6.45, 7) is 6.70. The number of halogens is 2. The highest BCUT2D eigenvalue weighted by molar-refractivity contribution is 9.10. The fourth-order valence-corrected chi connectivity index (χ4v) is 3.76. The molecule has 2 nitrogen and oxygen atoms in total. The minimum Gasteiger partial charge on any atom is -0.316 e. The van der Waals surface area contributed by atoms with Gasteiger partial charge in [-0.25, -0.2) is 4.39 Å². The van der Waals surface area contributed by atoms with Crippen LogP contribution in [0.1, 0.15) is 12.5 Å². The molecule has 0 amide bonds. The van der Waals surface area contributed by atoms with Gasteiger partial charge in [-0.05, 0) is 65.5 Å². The lowest BCUT2D eigenvalue weighted by Crippen LogP contribution is -2.32. The van der Waals surface area contributed by atoms with Gasteiger partial charge in [0.1, 0.15) is 5.82 Å². The Balaban J connectivity index is 1.71. The third-order valence-corrected chi connectivity index (χ3v) is 5.03. The number of benzene rings is 1. The Labute approximate surface area is 116 Å². The summed E-state index contributed by atoms with van der Waals surface area (Å²) in [6.07, 6.45) is 0. The first-order valence-corrected chi connectivity index (χ1v) is 7.33. The van der Waals surface area contributed by atoms with Crippen molar-refractivity contribution < 1.29 is 4.39 Å². The lowest BCUT2D eigenvalue weighted by Gasteiger charge is -2.24. The molecule has 98 valence electrons. The van der Waals surface area contributed by atoms with Crippen LogP contribution in [0.25, 0.3) is 0 Å². The largest absolute Gasteiger partial charge is 0.316 e. The van der Waals surface area contributed by atoms with E-state index in [4.69, 9.17) is 0 Å². The molecule has 1 aromatic carbocycles. The van der Waals surface area contributed by atoms with Gasteiger partial charge >= 0.3 is 0 Å². The number of likely N-dealkylation sites (tertiary alicyclic amines) is 1. The Morgan fingerprint density at radius 1 is 1.44 bits per heavy atom. The molecule has 18 heavy (non-hydrogen) atoms. The molecule has 0 radical (unpaired) electrons. The van der Waals surface area contributed by atoms with Gasteiger partial charge in [-0.2, -0.15) is 0 Å². The minimum absolute atomic E-state index is 0.186. The van der Waals surface area contributed by atoms with Crippen molar-refractivity contribution in [2.75, 3.05) is 19.6 Å². The van der Waals surface area contributed by atoms with Crippen molar-refractivity contribution in [1.82, 2.24) is 10.2 Å². The van der Waals surface area contributed by atoms with E-state index in [1.165, 1.54) is 5.56 Å². The van der Waals surface area contributed by atoms with Gasteiger partial charge in [-0.3, -0.25) is 4.90 Å². The average Bonchev–Trinajstić information content (AvgIpc) is 2.89. The highest BCUT2D eigenvalue weighted by Crippen LogP contribution is 2.33. The molecule has 0 spiro atoms. The first kappa shape index (κ1) is 12.6. The third-order valence-electron chi connectivity index (χ3n) is 4.43. The summed E-state index contributed by atoms with van der Waals surface area (Å²) in [5.74, 6) is 1.40. The maximum absolute atomic E-state index is 13.2. The second-order valence-corrected chi connectivity index (χ2v) is 6.36. The summed E-state index contributed by atoms with van der Waals surface area (Å²) >= 11 is 3.26. The molecule has 2 saturated heterocycles. The molecule has 2 aliphatic rings. The van der Waals surface area contributed by atoms with E-state index in [1.54, 1.807) is 6.07 Å². The van der Waals surface area contributed by atoms with Crippen molar-refractivity contribution in [3.05, 3.63) is 34.1 Å². The second kappa shape index (κ2) is 4.91. The number of hydrogen-bond donors (Lipinski definition) is 1. The summed E-state index contributed by atoms with van der Waals surface area (Å²) < 4.78 is 13.8. The van der Waals surface area contributed by atoms with Crippen LogP contribution in [0, 0.1) is 17.7 Å². The van der Waals surface area contributed by atoms with Crippen LogP contribution in [0.4, 0.5) is 4.39 Å². The van der Waals surface area contributed by atoms with Crippen LogP contribution >= 0.6 is 15.9 Å². The number of fused-ring (bicyclic) bond motifs is 1. The molecular weight excluding hydrogens is 295 g/mol. The topological polar surface area (TPSA) is 15.3 Å². The molecule has 0 aliphatic carbocycles. The van der Waals surface area contributed by atoms with Crippen LogP contribution in [0.15, 0.2) is 22.7 Å². The van der Waals surface area contributed by atoms with Crippen molar-refractivity contribution in [3.63, 3.8) is 0 Å². The van der Waals surface area contributed by atoms with Crippen molar-refractivity contribution in [1.29, 1.82) is 0 Å². The highest BCUT2D eigenvalue weighted by Gasteiger charge is 2.41. The predicted molar refractivity (Wildman–Crippen MR) is 73.8 cm³/mol. The van der Waals surface area contributed by atoms with Crippen LogP contribution in [0.5, 0.6) is 0 Å². The van der Waals surface area contributed by atoms with Gasteiger partial charge in [-0.1, -0.05) is 6.07 Å². The molecule has 0 saturated carbocycles. The maximum Gasteiger partial charge on any atom is 0.137 e. The Morgan fingerprint density at radius 3 is 3.00 bits per heavy atom. The smallest absolute Gasteiger partial charge is 0.137 e. The van der Waals surface area contributed by atoms with E-state index in [1.807, 2.05) is 12.1 Å². The summed E-state index contributed by atoms with van der Waals surface area (Å²) in [4.78, 5) is 2.52. The van der Waals surface area contributed by atoms with E-state index in [0.717, 1.165) is 38.0 Å². The second-order valence-electron chi connectivity index (χ2n) is 5.50. The van der Waals surface area contributed by atoms with Crippen molar-refractivity contribution in [2.45, 2.75) is 19.5 Å². The lowest BCUT2D eigenvalue weighted by molar-refractivity contribution is 0.231. The van der Waals surface area contributed by atoms with Crippen molar-refractivity contribution in [2.24, 2.45) is 11.8 Å². The monoisotopic (exact) mass is 312 g/mol. The zero-order valence-corrected chi connectivity index (χ0v) is 12.1. The Hall–Kier alpha value is -0.450. The predicted octanol–water partition coefficient (Wildman–Crippen LogP) is 2.63. The van der Waals surface area contributed by atoms with Gasteiger partial charge in [0.2, 0.25) is 0 Å². The minimum atomic E-state index is -0.186. The number of rotatable bonds is 2. The van der Waals surface area contributed by atoms with Gasteiger partial charge in [0.05, 0.1) is 4.47 Å². The number of nitrogens with zero attached hydrogens (tertiary/aromatic N) is 1. The Kier molecular flexibility index (Phi) is 3.43. The molecule has 3 atom stereocenters. The zero-order valence-electron chi connectivity index (χ0n) is 10.5. The Morgan fingerprint density at radius 2 is 2.28 bits per heavy atom. The zero-order chi connectivity index (χ0) is 12.7. The standard InChI is InChI=1S/C14H18BrFN2/c1-9-12-6-17-5-11(12)8-18(9)7-10-2-3-14(16)13(15)4-10/h2-4,9,11-12,17H,5-8H2,1H3. The molecule has 3 rings (SSSR count). The van der Waals surface area contributed by atoms with E-state index in [0.29, 0.717) is 10.5 Å². The van der Waals surface area contributed by atoms with Crippen LogP contribution in [-0.4, -0.2) is 30.6 Å². The van der Waals surface area contributed by atoms with Crippen LogP contribution in [0.2, 0.25) is 0 Å². The Bertz CT molecular complexity index is 451. The highest BCUT2D eigenvalue weighted by atomic mass is 79.9. The molecule has 1 aromatic rings. The van der Waals surface area contributed by atoms with Crippen LogP contribution < -0.4 is 5.32 Å². The van der Waals surface area contributed by atoms with Gasteiger partial charge in [0.25, 0.3) is 0 Å². The third kappa shape index (κ3) is 2.22. The lowest BCUT2D eigenvalue weighted by atomic mass is 9.95. The quantitative estimate of drug-likeness (QED) is 0.903. The summed E-state index contributed by atoms with van der Waals surface area (Å²) in [7, 11) is 0. The molecule has 2 fully saturated rings. The fourth-order valence-electron chi connectivity index (χ4n) is 3.34. The van der Waals surface area contributed by atoms with Gasteiger partial charge in [0, 0.05) is 19.1 Å². The first-order chi connectivity index (χ1) is 8.65. The molecule has 3 unspecified atom stereocenters. The SMILES string of the molecule is CC1C2CNCC2CN1Cc1ccc(F)c(Br)c1. The van der Waals surface area contributed by atoms with E-state index in [9.17, 15) is 4.39 Å². The van der Waals surface area contributed by atoms with E-state index < -0.39 is 0 Å². The van der Waals surface area contributed by atoms with Gasteiger partial charge in [-0.15, -0.1) is 0 Å². The van der Waals surface area contributed by atoms with Crippen molar-refractivity contribution >= 4 is 15.9 Å². The maximum atomic E-state index is 13.2. The van der Waals surface area contributed by atoms with Crippen LogP contribution in [0.3, 0.4) is 0 Å². The number of hydrogen-bond acceptors (Lipinski definition) is 2. The van der Waals surface area contributed by atoms with E-state index in [2.05, 4.69) is 33.1 Å². The molecule has 1 N–H and O–H groups in total. The first-order valence-electron chi connectivity index (χ1n) is 6.54. The summed E-state index contributed by atoms with van der Waals surface area (Å²) in [6, 6.07) is 5.95. The molecule has 4 heteroatoms. The molecule has 0 aromatic heterocycles. The van der Waals surface area contributed by atoms with E-state index >= 15 is 0 Å². The summed E-state index contributed by atoms with van der Waals surface area (Å²) in [5, 5.41) is 3.47. The molecule has 2 aliphatic heterocycles. The fraction of sp³-hybridized carbons (Fsp3) is 0.571. The number of nitrogens with one attached hydrogen (secondary N) is 1. The van der Waals surface area contributed by atoms with Gasteiger partial charge in [0.15, 0.2) is 0 Å². The molecular formula is C14H18BrFN2. The van der Waals surface area contributed by atoms with Crippen LogP contribution in [-0.2, 0) is 6.54 Å². The summed E-state index contributed by atoms with van der Waals surface area (Å²) in [5.41, 5.74) is 1.18. The van der Waals surface area contributed by atoms with E-state index in [-0.39, 0.29) is 5.82 Å². The average molecular weight is 313 g/mol. The molecule has 0 bridgehead atoms. The molecule has 2 heterocycles.